The molecule has 7 nitrogen and oxygen atoms in total. The van der Waals surface area contributed by atoms with E-state index in [1.165, 1.54) is 19.3 Å². The van der Waals surface area contributed by atoms with Gasteiger partial charge in [0.05, 0.1) is 11.3 Å². The van der Waals surface area contributed by atoms with Crippen LogP contribution < -0.4 is 10.6 Å². The Labute approximate surface area is 251 Å². The van der Waals surface area contributed by atoms with Crippen LogP contribution in [0, 0.1) is 23.2 Å². The molecule has 4 aliphatic rings. The monoisotopic (exact) mass is 584 g/mol. The number of piperidine rings is 2. The van der Waals surface area contributed by atoms with E-state index in [2.05, 4.69) is 22.6 Å². The number of amides is 3. The van der Waals surface area contributed by atoms with E-state index in [0.717, 1.165) is 37.8 Å². The number of nitrogens with zero attached hydrogens (tertiary/aromatic N) is 2. The summed E-state index contributed by atoms with van der Waals surface area (Å²) in [5.74, 6) is 0.958. The van der Waals surface area contributed by atoms with Gasteiger partial charge in [-0.25, -0.2) is 0 Å². The summed E-state index contributed by atoms with van der Waals surface area (Å²) in [5.41, 5.74) is 0.233. The first kappa shape index (κ1) is 30.3. The summed E-state index contributed by atoms with van der Waals surface area (Å²) in [6.07, 6.45) is 9.48. The second-order valence-corrected chi connectivity index (χ2v) is 14.8. The molecule has 5 rings (SSSR count). The lowest BCUT2D eigenvalue weighted by atomic mass is 9.63. The molecule has 0 spiro atoms. The van der Waals surface area contributed by atoms with Gasteiger partial charge in [0.25, 0.3) is 0 Å². The molecule has 3 amide bonds. The molecule has 8 heteroatoms. The van der Waals surface area contributed by atoms with E-state index in [4.69, 9.17) is 11.6 Å². The maximum Gasteiger partial charge on any atom is 0.245 e. The molecule has 4 atom stereocenters. The molecule has 4 fully saturated rings. The lowest BCUT2D eigenvalue weighted by Crippen LogP contribution is -2.59. The number of halogens is 1. The summed E-state index contributed by atoms with van der Waals surface area (Å²) in [6.45, 7) is 8.25. The Hall–Kier alpha value is -2.12. The first-order chi connectivity index (χ1) is 19.4. The SMILES string of the molecule is CN1CC2CC(C(=O)NC(Cc3ccc(Cl)cc3)C(=O)N3CCC(C(=O)NC(C)(C)C)(C4CCCCC4)CC3)C1C2. The second kappa shape index (κ2) is 12.2. The quantitative estimate of drug-likeness (QED) is 0.482. The number of benzene rings is 1. The Balaban J connectivity index is 1.31. The van der Waals surface area contributed by atoms with Gasteiger partial charge in [0.2, 0.25) is 17.7 Å². The van der Waals surface area contributed by atoms with Crippen molar-refractivity contribution in [1.29, 1.82) is 0 Å². The standard InChI is InChI=1S/C33H49ClN4O3/c1-32(2,3)36-31(41)33(24-8-6-5-7-9-24)14-16-38(17-15-33)30(40)27(19-22-10-12-25(34)13-11-22)35-29(39)26-18-23-20-28(26)37(4)21-23/h10-13,23-24,26-28H,5-9,14-21H2,1-4H3,(H,35,39)(H,36,41). The van der Waals surface area contributed by atoms with Crippen molar-refractivity contribution < 1.29 is 14.4 Å². The molecule has 2 bridgehead atoms. The minimum atomic E-state index is -0.640. The molecule has 2 heterocycles. The fourth-order valence-corrected chi connectivity index (χ4v) is 8.33. The first-order valence-corrected chi connectivity index (χ1v) is 16.2. The zero-order valence-electron chi connectivity index (χ0n) is 25.4. The van der Waals surface area contributed by atoms with Crippen molar-refractivity contribution in [1.82, 2.24) is 20.4 Å². The molecule has 2 aliphatic carbocycles. The average molecular weight is 585 g/mol. The van der Waals surface area contributed by atoms with Crippen molar-refractivity contribution in [3.8, 4) is 0 Å². The van der Waals surface area contributed by atoms with Gasteiger partial charge in [-0.1, -0.05) is 43.0 Å². The Morgan fingerprint density at radius 2 is 1.68 bits per heavy atom. The molecule has 2 aliphatic heterocycles. The predicted molar refractivity (Wildman–Crippen MR) is 162 cm³/mol. The smallest absolute Gasteiger partial charge is 0.245 e. The molecule has 2 saturated heterocycles. The molecule has 226 valence electrons. The van der Waals surface area contributed by atoms with E-state index in [9.17, 15) is 14.4 Å². The van der Waals surface area contributed by atoms with Crippen LogP contribution in [0.4, 0.5) is 0 Å². The number of hydrogen-bond acceptors (Lipinski definition) is 4. The lowest BCUT2D eigenvalue weighted by molar-refractivity contribution is -0.147. The zero-order valence-corrected chi connectivity index (χ0v) is 26.1. The van der Waals surface area contributed by atoms with Gasteiger partial charge in [-0.3, -0.25) is 14.4 Å². The van der Waals surface area contributed by atoms with Crippen LogP contribution in [0.1, 0.15) is 84.1 Å². The molecule has 0 aromatic heterocycles. The minimum Gasteiger partial charge on any atom is -0.351 e. The fourth-order valence-electron chi connectivity index (χ4n) is 8.20. The van der Waals surface area contributed by atoms with E-state index in [1.54, 1.807) is 0 Å². The number of likely N-dealkylation sites (tertiary alicyclic amines) is 2. The molecule has 4 unspecified atom stereocenters. The first-order valence-electron chi connectivity index (χ1n) is 15.8. The molecule has 1 aromatic rings. The summed E-state index contributed by atoms with van der Waals surface area (Å²) >= 11 is 6.13. The van der Waals surface area contributed by atoms with E-state index >= 15 is 0 Å². The summed E-state index contributed by atoms with van der Waals surface area (Å²) in [6, 6.07) is 7.15. The van der Waals surface area contributed by atoms with Crippen molar-refractivity contribution >= 4 is 29.3 Å². The van der Waals surface area contributed by atoms with Crippen LogP contribution >= 0.6 is 11.6 Å². The van der Waals surface area contributed by atoms with Gasteiger partial charge in [-0.05, 0) is 95.9 Å². The topological polar surface area (TPSA) is 81.8 Å². The highest BCUT2D eigenvalue weighted by Gasteiger charge is 2.50. The van der Waals surface area contributed by atoms with Crippen LogP contribution in [0.3, 0.4) is 0 Å². The van der Waals surface area contributed by atoms with Gasteiger partial charge in [0.1, 0.15) is 6.04 Å². The Bertz CT molecular complexity index is 1100. The third kappa shape index (κ3) is 6.77. The maximum absolute atomic E-state index is 14.1. The third-order valence-corrected chi connectivity index (χ3v) is 10.6. The molecule has 0 radical (unpaired) electrons. The van der Waals surface area contributed by atoms with E-state index in [1.807, 2.05) is 49.9 Å². The normalized spacial score (nSPS) is 27.4. The number of carbonyl (C=O) groups is 3. The van der Waals surface area contributed by atoms with Crippen molar-refractivity contribution in [2.45, 2.75) is 103 Å². The fraction of sp³-hybridized carbons (Fsp3) is 0.727. The summed E-state index contributed by atoms with van der Waals surface area (Å²) < 4.78 is 0. The van der Waals surface area contributed by atoms with Crippen LogP contribution in [0.15, 0.2) is 24.3 Å². The van der Waals surface area contributed by atoms with E-state index in [-0.39, 0.29) is 35.2 Å². The highest BCUT2D eigenvalue weighted by atomic mass is 35.5. The molecule has 41 heavy (non-hydrogen) atoms. The van der Waals surface area contributed by atoms with Crippen molar-refractivity contribution in [3.63, 3.8) is 0 Å². The number of nitrogens with one attached hydrogen (secondary N) is 2. The Morgan fingerprint density at radius 1 is 1.02 bits per heavy atom. The van der Waals surface area contributed by atoms with Crippen LogP contribution in [0.2, 0.25) is 5.02 Å². The van der Waals surface area contributed by atoms with Gasteiger partial charge in [-0.2, -0.15) is 0 Å². The van der Waals surface area contributed by atoms with Gasteiger partial charge in [0.15, 0.2) is 0 Å². The van der Waals surface area contributed by atoms with Gasteiger partial charge in [-0.15, -0.1) is 0 Å². The number of hydrogen-bond donors (Lipinski definition) is 2. The molecular formula is C33H49ClN4O3. The van der Waals surface area contributed by atoms with Crippen molar-refractivity contribution in [2.75, 3.05) is 26.7 Å². The zero-order chi connectivity index (χ0) is 29.4. The van der Waals surface area contributed by atoms with Crippen LogP contribution in [0.25, 0.3) is 0 Å². The lowest BCUT2D eigenvalue weighted by Gasteiger charge is -2.48. The Kier molecular flexibility index (Phi) is 9.06. The van der Waals surface area contributed by atoms with E-state index in [0.29, 0.717) is 49.2 Å². The number of rotatable bonds is 7. The largest absolute Gasteiger partial charge is 0.351 e. The van der Waals surface area contributed by atoms with Crippen LogP contribution in [0.5, 0.6) is 0 Å². The van der Waals surface area contributed by atoms with Crippen LogP contribution in [-0.4, -0.2) is 71.8 Å². The third-order valence-electron chi connectivity index (χ3n) is 10.3. The van der Waals surface area contributed by atoms with Crippen molar-refractivity contribution in [3.05, 3.63) is 34.9 Å². The average Bonchev–Trinajstić information content (AvgIpc) is 3.53. The van der Waals surface area contributed by atoms with Crippen LogP contribution in [-0.2, 0) is 20.8 Å². The van der Waals surface area contributed by atoms with Gasteiger partial charge in [0, 0.05) is 42.7 Å². The highest BCUT2D eigenvalue weighted by molar-refractivity contribution is 6.30. The predicted octanol–water partition coefficient (Wildman–Crippen LogP) is 4.81. The second-order valence-electron chi connectivity index (χ2n) is 14.4. The summed E-state index contributed by atoms with van der Waals surface area (Å²) in [4.78, 5) is 45.7. The van der Waals surface area contributed by atoms with Gasteiger partial charge < -0.3 is 20.4 Å². The molecular weight excluding hydrogens is 536 g/mol. The molecule has 2 N–H and O–H groups in total. The van der Waals surface area contributed by atoms with Gasteiger partial charge >= 0.3 is 0 Å². The highest BCUT2D eigenvalue weighted by Crippen LogP contribution is 2.46. The van der Waals surface area contributed by atoms with Crippen molar-refractivity contribution in [2.24, 2.45) is 23.2 Å². The maximum atomic E-state index is 14.1. The minimum absolute atomic E-state index is 0.00511. The number of fused-ring (bicyclic) bond motifs is 2. The summed E-state index contributed by atoms with van der Waals surface area (Å²) in [7, 11) is 2.10. The Morgan fingerprint density at radius 3 is 2.27 bits per heavy atom. The molecule has 1 aromatic carbocycles. The summed E-state index contributed by atoms with van der Waals surface area (Å²) in [5, 5.41) is 7.13. The number of carbonyl (C=O) groups excluding carboxylic acids is 3. The van der Waals surface area contributed by atoms with E-state index < -0.39 is 11.5 Å². The molecule has 2 saturated carbocycles.